The Morgan fingerprint density at radius 2 is 1.80 bits per heavy atom. The van der Waals surface area contributed by atoms with Crippen molar-refractivity contribution in [2.24, 2.45) is 0 Å². The second-order valence-electron chi connectivity index (χ2n) is 5.05. The van der Waals surface area contributed by atoms with Crippen molar-refractivity contribution in [3.8, 4) is 0 Å². The number of rotatable bonds is 4. The van der Waals surface area contributed by atoms with Crippen LogP contribution in [0.15, 0.2) is 24.3 Å². The summed E-state index contributed by atoms with van der Waals surface area (Å²) < 4.78 is 0. The van der Waals surface area contributed by atoms with Crippen LogP contribution in [0.1, 0.15) is 18.1 Å². The van der Waals surface area contributed by atoms with Crippen LogP contribution in [-0.2, 0) is 17.6 Å². The summed E-state index contributed by atoms with van der Waals surface area (Å²) in [4.78, 5) is 22.7. The fourth-order valence-electron chi connectivity index (χ4n) is 2.42. The highest BCUT2D eigenvalue weighted by atomic mass is 16.4. The number of aliphatic carboxylic acids is 1. The van der Waals surface area contributed by atoms with Gasteiger partial charge in [-0.2, -0.15) is 0 Å². The second-order valence-corrected chi connectivity index (χ2v) is 5.05. The Balaban J connectivity index is 1.89. The van der Waals surface area contributed by atoms with Gasteiger partial charge in [0.15, 0.2) is 6.04 Å². The third-order valence-electron chi connectivity index (χ3n) is 3.42. The van der Waals surface area contributed by atoms with Gasteiger partial charge in [-0.3, -0.25) is 0 Å². The van der Waals surface area contributed by atoms with E-state index in [1.165, 1.54) is 18.1 Å². The van der Waals surface area contributed by atoms with Gasteiger partial charge in [0.1, 0.15) is 0 Å². The van der Waals surface area contributed by atoms with Crippen LogP contribution in [0.4, 0.5) is 4.79 Å². The number of amides is 2. The molecule has 108 valence electrons. The molecular formula is C14H18N2O4. The molecule has 0 saturated heterocycles. The normalized spacial score (nSPS) is 17.1. The van der Waals surface area contributed by atoms with Gasteiger partial charge in [0.2, 0.25) is 0 Å². The van der Waals surface area contributed by atoms with Gasteiger partial charge in [0.25, 0.3) is 0 Å². The molecule has 1 aliphatic rings. The monoisotopic (exact) mass is 278 g/mol. The first-order chi connectivity index (χ1) is 9.47. The third-order valence-corrected chi connectivity index (χ3v) is 3.42. The largest absolute Gasteiger partial charge is 0.480 e. The average Bonchev–Trinajstić information content (AvgIpc) is 2.77. The molecule has 2 amide bonds. The summed E-state index contributed by atoms with van der Waals surface area (Å²) in [5, 5.41) is 23.2. The van der Waals surface area contributed by atoms with Crippen LogP contribution in [0.25, 0.3) is 0 Å². The van der Waals surface area contributed by atoms with E-state index >= 15 is 0 Å². The first kappa shape index (κ1) is 14.3. The van der Waals surface area contributed by atoms with E-state index in [0.717, 1.165) is 12.8 Å². The van der Waals surface area contributed by atoms with E-state index in [2.05, 4.69) is 10.6 Å². The number of carboxylic acids is 1. The summed E-state index contributed by atoms with van der Waals surface area (Å²) in [5.41, 5.74) is 2.39. The number of carbonyl (C=O) groups excluding carboxylic acids is 1. The summed E-state index contributed by atoms with van der Waals surface area (Å²) in [6, 6.07) is 6.02. The van der Waals surface area contributed by atoms with Gasteiger partial charge in [0.05, 0.1) is 6.10 Å². The van der Waals surface area contributed by atoms with Crippen molar-refractivity contribution in [2.45, 2.75) is 38.0 Å². The lowest BCUT2D eigenvalue weighted by Gasteiger charge is -2.19. The van der Waals surface area contributed by atoms with E-state index in [9.17, 15) is 14.7 Å². The number of hydrogen-bond acceptors (Lipinski definition) is 3. The van der Waals surface area contributed by atoms with E-state index < -0.39 is 24.1 Å². The van der Waals surface area contributed by atoms with Crippen molar-refractivity contribution in [1.29, 1.82) is 0 Å². The predicted octanol–water partition coefficient (Wildman–Crippen LogP) is 0.287. The summed E-state index contributed by atoms with van der Waals surface area (Å²) >= 11 is 0. The molecule has 2 rings (SSSR count). The molecule has 0 radical (unpaired) electrons. The zero-order valence-corrected chi connectivity index (χ0v) is 11.2. The molecule has 2 atom stereocenters. The molecule has 0 heterocycles. The molecule has 0 saturated carbocycles. The van der Waals surface area contributed by atoms with E-state index in [-0.39, 0.29) is 6.04 Å². The highest BCUT2D eigenvalue weighted by Gasteiger charge is 2.27. The van der Waals surface area contributed by atoms with Gasteiger partial charge < -0.3 is 20.8 Å². The summed E-state index contributed by atoms with van der Waals surface area (Å²) in [6.07, 6.45) is 0.311. The minimum atomic E-state index is -1.31. The lowest BCUT2D eigenvalue weighted by atomic mass is 10.1. The topological polar surface area (TPSA) is 98.7 Å². The highest BCUT2D eigenvalue weighted by molar-refractivity contribution is 5.83. The average molecular weight is 278 g/mol. The van der Waals surface area contributed by atoms with Crippen LogP contribution in [0.2, 0.25) is 0 Å². The lowest BCUT2D eigenvalue weighted by Crippen LogP contribution is -2.53. The Morgan fingerprint density at radius 3 is 2.25 bits per heavy atom. The van der Waals surface area contributed by atoms with Gasteiger partial charge in [-0.1, -0.05) is 24.3 Å². The molecule has 4 N–H and O–H groups in total. The van der Waals surface area contributed by atoms with E-state index in [0.29, 0.717) is 0 Å². The number of fused-ring (bicyclic) bond motifs is 1. The van der Waals surface area contributed by atoms with Crippen LogP contribution < -0.4 is 10.6 Å². The molecule has 1 aromatic rings. The van der Waals surface area contributed by atoms with Crippen molar-refractivity contribution in [3.05, 3.63) is 35.4 Å². The maximum absolute atomic E-state index is 11.8. The Hall–Kier alpha value is -2.08. The summed E-state index contributed by atoms with van der Waals surface area (Å²) in [5.74, 6) is -1.26. The highest BCUT2D eigenvalue weighted by Crippen LogP contribution is 2.21. The van der Waals surface area contributed by atoms with Crippen LogP contribution in [0, 0.1) is 0 Å². The van der Waals surface area contributed by atoms with Crippen molar-refractivity contribution in [1.82, 2.24) is 10.6 Å². The molecule has 0 aliphatic heterocycles. The minimum absolute atomic E-state index is 0.0455. The number of aliphatic hydroxyl groups excluding tert-OH is 1. The number of aliphatic hydroxyl groups is 1. The maximum Gasteiger partial charge on any atom is 0.328 e. The Labute approximate surface area is 116 Å². The van der Waals surface area contributed by atoms with E-state index in [1.807, 2.05) is 24.3 Å². The minimum Gasteiger partial charge on any atom is -0.480 e. The third kappa shape index (κ3) is 3.27. The first-order valence-corrected chi connectivity index (χ1v) is 6.52. The lowest BCUT2D eigenvalue weighted by molar-refractivity contribution is -0.141. The van der Waals surface area contributed by atoms with Gasteiger partial charge in [-0.05, 0) is 30.9 Å². The van der Waals surface area contributed by atoms with E-state index in [4.69, 9.17) is 5.11 Å². The second kappa shape index (κ2) is 5.92. The fraction of sp³-hybridized carbons (Fsp3) is 0.429. The maximum atomic E-state index is 11.8. The van der Waals surface area contributed by atoms with Crippen LogP contribution in [-0.4, -0.2) is 40.4 Å². The number of nitrogens with one attached hydrogen (secondary N) is 2. The molecule has 0 fully saturated rings. The first-order valence-electron chi connectivity index (χ1n) is 6.52. The Morgan fingerprint density at radius 1 is 1.25 bits per heavy atom. The predicted molar refractivity (Wildman–Crippen MR) is 72.4 cm³/mol. The van der Waals surface area contributed by atoms with Gasteiger partial charge in [-0.15, -0.1) is 0 Å². The number of hydrogen-bond donors (Lipinski definition) is 4. The molecule has 0 spiro atoms. The molecular weight excluding hydrogens is 260 g/mol. The zero-order valence-electron chi connectivity index (χ0n) is 11.2. The van der Waals surface area contributed by atoms with E-state index in [1.54, 1.807) is 0 Å². The van der Waals surface area contributed by atoms with Crippen LogP contribution in [0.5, 0.6) is 0 Å². The standard InChI is InChI=1S/C14H18N2O4/c1-8(17)12(13(18)19)16-14(20)15-11-6-9-4-2-3-5-10(9)7-11/h2-5,8,11-12,17H,6-7H2,1H3,(H,18,19)(H2,15,16,20)/t8-,12+/m1/s1. The number of carboxylic acid groups (broad SMARTS) is 1. The molecule has 1 aliphatic carbocycles. The molecule has 6 nitrogen and oxygen atoms in total. The molecule has 1 aromatic carbocycles. The van der Waals surface area contributed by atoms with Crippen molar-refractivity contribution >= 4 is 12.0 Å². The van der Waals surface area contributed by atoms with Crippen LogP contribution in [0.3, 0.4) is 0 Å². The zero-order chi connectivity index (χ0) is 14.7. The SMILES string of the molecule is C[C@@H](O)[C@H](NC(=O)NC1Cc2ccccc2C1)C(=O)O. The van der Waals surface area contributed by atoms with Gasteiger partial charge in [0, 0.05) is 6.04 Å². The molecule has 0 bridgehead atoms. The Kier molecular flexibility index (Phi) is 4.24. The molecule has 6 heteroatoms. The summed E-state index contributed by atoms with van der Waals surface area (Å²) in [6.45, 7) is 1.32. The molecule has 0 aromatic heterocycles. The number of carbonyl (C=O) groups is 2. The fourth-order valence-corrected chi connectivity index (χ4v) is 2.42. The van der Waals surface area contributed by atoms with Crippen molar-refractivity contribution < 1.29 is 19.8 Å². The smallest absolute Gasteiger partial charge is 0.328 e. The molecule has 0 unspecified atom stereocenters. The van der Waals surface area contributed by atoms with Gasteiger partial charge >= 0.3 is 12.0 Å². The van der Waals surface area contributed by atoms with Crippen LogP contribution >= 0.6 is 0 Å². The molecule has 20 heavy (non-hydrogen) atoms. The van der Waals surface area contributed by atoms with Crippen molar-refractivity contribution in [2.75, 3.05) is 0 Å². The Bertz CT molecular complexity index is 491. The summed E-state index contributed by atoms with van der Waals surface area (Å²) in [7, 11) is 0. The van der Waals surface area contributed by atoms with Crippen molar-refractivity contribution in [3.63, 3.8) is 0 Å². The number of benzene rings is 1. The van der Waals surface area contributed by atoms with Gasteiger partial charge in [-0.25, -0.2) is 9.59 Å². The number of urea groups is 1. The quantitative estimate of drug-likeness (QED) is 0.636.